The molecule has 0 bridgehead atoms. The van der Waals surface area contributed by atoms with Crippen LogP contribution < -0.4 is 10.9 Å². The number of rotatable bonds is 4. The summed E-state index contributed by atoms with van der Waals surface area (Å²) in [6, 6.07) is 1.96. The van der Waals surface area contributed by atoms with Gasteiger partial charge >= 0.3 is 6.18 Å². The summed E-state index contributed by atoms with van der Waals surface area (Å²) in [6.45, 7) is 0. The maximum Gasteiger partial charge on any atom is 0.417 e. The molecule has 0 radical (unpaired) electrons. The molecule has 1 aliphatic carbocycles. The highest BCUT2D eigenvalue weighted by atomic mass is 32.2. The second-order valence-corrected chi connectivity index (χ2v) is 8.19. The standard InChI is InChI=1S/C15H18F3N7O2S/c16-15(17,18)10-6-5-9(7-1-3-8(4-2-7)13(19)20)11(12(10)28(21,26)27)14-22-24-25-23-14/h5-8H,1-4H2,(H3,19,20)(H2,21,26,27)(H,22,23,24,25). The molecule has 9 nitrogen and oxygen atoms in total. The number of sulfonamides is 1. The number of amidine groups is 1. The molecule has 0 aliphatic heterocycles. The Bertz CT molecular complexity index is 982. The number of primary sulfonamides is 1. The first-order chi connectivity index (χ1) is 13.0. The van der Waals surface area contributed by atoms with Crippen molar-refractivity contribution in [2.24, 2.45) is 16.8 Å². The van der Waals surface area contributed by atoms with Crippen LogP contribution >= 0.6 is 0 Å². The smallest absolute Gasteiger partial charge is 0.387 e. The number of benzene rings is 1. The first kappa shape index (κ1) is 20.2. The zero-order chi connectivity index (χ0) is 20.7. The number of aromatic nitrogens is 4. The van der Waals surface area contributed by atoms with E-state index in [9.17, 15) is 21.6 Å². The van der Waals surface area contributed by atoms with Gasteiger partial charge in [-0.2, -0.15) is 18.4 Å². The second kappa shape index (κ2) is 7.13. The maximum atomic E-state index is 13.5. The lowest BCUT2D eigenvalue weighted by molar-refractivity contribution is -0.139. The first-order valence-electron chi connectivity index (χ1n) is 8.34. The van der Waals surface area contributed by atoms with E-state index in [4.69, 9.17) is 16.3 Å². The fourth-order valence-corrected chi connectivity index (χ4v) is 4.65. The SMILES string of the molecule is N=C(N)C1CCC(c2ccc(C(F)(F)F)c(S(N)(=O)=O)c2-c2nn[nH]n2)CC1. The van der Waals surface area contributed by atoms with Gasteiger partial charge in [0.05, 0.1) is 11.4 Å². The normalized spacial score (nSPS) is 20.9. The first-order valence-corrected chi connectivity index (χ1v) is 9.89. The van der Waals surface area contributed by atoms with Crippen molar-refractivity contribution < 1.29 is 21.6 Å². The minimum absolute atomic E-state index is 0.0643. The summed E-state index contributed by atoms with van der Waals surface area (Å²) in [5, 5.41) is 25.6. The predicted molar refractivity (Wildman–Crippen MR) is 92.6 cm³/mol. The summed E-state index contributed by atoms with van der Waals surface area (Å²) in [6.07, 6.45) is -2.77. The van der Waals surface area contributed by atoms with Crippen molar-refractivity contribution >= 4 is 15.9 Å². The molecule has 1 aliphatic rings. The molecule has 152 valence electrons. The Morgan fingerprint density at radius 2 is 1.86 bits per heavy atom. The number of nitrogens with one attached hydrogen (secondary N) is 2. The highest BCUT2D eigenvalue weighted by Crippen LogP contribution is 2.45. The van der Waals surface area contributed by atoms with E-state index in [1.54, 1.807) is 0 Å². The van der Waals surface area contributed by atoms with Crippen LogP contribution in [0, 0.1) is 11.3 Å². The van der Waals surface area contributed by atoms with Crippen molar-refractivity contribution in [1.82, 2.24) is 20.6 Å². The van der Waals surface area contributed by atoms with Crippen LogP contribution in [0.1, 0.15) is 42.7 Å². The zero-order valence-electron chi connectivity index (χ0n) is 14.5. The lowest BCUT2D eigenvalue weighted by Gasteiger charge is -2.30. The van der Waals surface area contributed by atoms with Gasteiger partial charge < -0.3 is 5.73 Å². The molecule has 1 aromatic heterocycles. The number of tetrazole rings is 1. The van der Waals surface area contributed by atoms with E-state index in [2.05, 4.69) is 20.6 Å². The van der Waals surface area contributed by atoms with Gasteiger partial charge in [-0.1, -0.05) is 6.07 Å². The number of hydrogen-bond donors (Lipinski definition) is 4. The molecule has 0 saturated heterocycles. The highest BCUT2D eigenvalue weighted by Gasteiger charge is 2.40. The van der Waals surface area contributed by atoms with Gasteiger partial charge in [-0.25, -0.2) is 13.6 Å². The van der Waals surface area contributed by atoms with Gasteiger partial charge in [0.2, 0.25) is 15.8 Å². The van der Waals surface area contributed by atoms with Crippen LogP contribution in [0.5, 0.6) is 0 Å². The third-order valence-electron chi connectivity index (χ3n) is 4.96. The maximum absolute atomic E-state index is 13.5. The third kappa shape index (κ3) is 3.85. The quantitative estimate of drug-likeness (QED) is 0.437. The molecule has 6 N–H and O–H groups in total. The molecule has 1 fully saturated rings. The second-order valence-electron chi connectivity index (χ2n) is 6.69. The Morgan fingerprint density at radius 1 is 1.21 bits per heavy atom. The Labute approximate surface area is 158 Å². The van der Waals surface area contributed by atoms with Crippen LogP contribution in [0.25, 0.3) is 11.4 Å². The van der Waals surface area contributed by atoms with E-state index in [0.717, 1.165) is 6.07 Å². The number of H-pyrrole nitrogens is 1. The van der Waals surface area contributed by atoms with E-state index in [-0.39, 0.29) is 29.1 Å². The van der Waals surface area contributed by atoms with Gasteiger partial charge in [-0.15, -0.1) is 10.2 Å². The zero-order valence-corrected chi connectivity index (χ0v) is 15.3. The molecule has 1 saturated carbocycles. The van der Waals surface area contributed by atoms with Gasteiger partial charge in [-0.05, 0) is 48.4 Å². The van der Waals surface area contributed by atoms with Crippen LogP contribution in [0.2, 0.25) is 0 Å². The highest BCUT2D eigenvalue weighted by molar-refractivity contribution is 7.89. The van der Waals surface area contributed by atoms with Crippen LogP contribution in [-0.4, -0.2) is 34.9 Å². The molecule has 3 rings (SSSR count). The molecule has 1 aromatic carbocycles. The van der Waals surface area contributed by atoms with Gasteiger partial charge in [0, 0.05) is 11.5 Å². The number of nitrogens with zero attached hydrogens (tertiary/aromatic N) is 3. The predicted octanol–water partition coefficient (Wildman–Crippen LogP) is 1.74. The summed E-state index contributed by atoms with van der Waals surface area (Å²) in [5.74, 6) is -0.572. The number of halogens is 3. The van der Waals surface area contributed by atoms with Crippen LogP contribution in [-0.2, 0) is 16.2 Å². The fourth-order valence-electron chi connectivity index (χ4n) is 3.67. The molecule has 2 aromatic rings. The topological polar surface area (TPSA) is 164 Å². The van der Waals surface area contributed by atoms with E-state index < -0.39 is 26.7 Å². The average molecular weight is 417 g/mol. The van der Waals surface area contributed by atoms with Crippen LogP contribution in [0.3, 0.4) is 0 Å². The molecule has 1 heterocycles. The van der Waals surface area contributed by atoms with Gasteiger partial charge in [-0.3, -0.25) is 5.41 Å². The average Bonchev–Trinajstić information content (AvgIpc) is 3.13. The molecule has 28 heavy (non-hydrogen) atoms. The van der Waals surface area contributed by atoms with Crippen molar-refractivity contribution in [3.8, 4) is 11.4 Å². The van der Waals surface area contributed by atoms with Crippen molar-refractivity contribution in [2.75, 3.05) is 0 Å². The Morgan fingerprint density at radius 3 is 2.32 bits per heavy atom. The Hall–Kier alpha value is -2.54. The van der Waals surface area contributed by atoms with Crippen molar-refractivity contribution in [1.29, 1.82) is 5.41 Å². The van der Waals surface area contributed by atoms with Crippen LogP contribution in [0.15, 0.2) is 17.0 Å². The monoisotopic (exact) mass is 417 g/mol. The summed E-state index contributed by atoms with van der Waals surface area (Å²) < 4.78 is 64.8. The van der Waals surface area contributed by atoms with E-state index >= 15 is 0 Å². The van der Waals surface area contributed by atoms with E-state index in [1.165, 1.54) is 6.07 Å². The molecule has 0 spiro atoms. The molecule has 0 unspecified atom stereocenters. The molecule has 0 atom stereocenters. The van der Waals surface area contributed by atoms with E-state index in [1.807, 2.05) is 0 Å². The molecular formula is C15H18F3N7O2S. The Kier molecular flexibility index (Phi) is 5.14. The molecular weight excluding hydrogens is 399 g/mol. The number of nitrogens with two attached hydrogens (primary N) is 2. The van der Waals surface area contributed by atoms with Crippen molar-refractivity contribution in [2.45, 2.75) is 42.7 Å². The van der Waals surface area contributed by atoms with Crippen LogP contribution in [0.4, 0.5) is 13.2 Å². The number of alkyl halides is 3. The molecule has 0 amide bonds. The van der Waals surface area contributed by atoms with Crippen molar-refractivity contribution in [3.05, 3.63) is 23.3 Å². The number of hydrogen-bond acceptors (Lipinski definition) is 6. The summed E-state index contributed by atoms with van der Waals surface area (Å²) >= 11 is 0. The van der Waals surface area contributed by atoms with Crippen molar-refractivity contribution in [3.63, 3.8) is 0 Å². The summed E-state index contributed by atoms with van der Waals surface area (Å²) in [4.78, 5) is -1.06. The Balaban J connectivity index is 2.21. The number of aromatic amines is 1. The van der Waals surface area contributed by atoms with Gasteiger partial charge in [0.1, 0.15) is 4.90 Å². The van der Waals surface area contributed by atoms with E-state index in [0.29, 0.717) is 31.2 Å². The lowest BCUT2D eigenvalue weighted by atomic mass is 9.76. The summed E-state index contributed by atoms with van der Waals surface area (Å²) in [5.41, 5.74) is 4.21. The minimum atomic E-state index is -4.94. The third-order valence-corrected chi connectivity index (χ3v) is 5.95. The molecule has 13 heteroatoms. The summed E-state index contributed by atoms with van der Waals surface area (Å²) in [7, 11) is -4.75. The minimum Gasteiger partial charge on any atom is -0.387 e. The largest absolute Gasteiger partial charge is 0.417 e. The lowest BCUT2D eigenvalue weighted by Crippen LogP contribution is -2.27. The fraction of sp³-hybridized carbons (Fsp3) is 0.467. The van der Waals surface area contributed by atoms with Gasteiger partial charge in [0.15, 0.2) is 0 Å². The van der Waals surface area contributed by atoms with Gasteiger partial charge in [0.25, 0.3) is 0 Å².